The van der Waals surface area contributed by atoms with Crippen LogP contribution in [0.4, 0.5) is 0 Å². The summed E-state index contributed by atoms with van der Waals surface area (Å²) < 4.78 is 0. The van der Waals surface area contributed by atoms with Crippen LogP contribution in [0, 0.1) is 0 Å². The maximum absolute atomic E-state index is 12.0. The first-order valence-electron chi connectivity index (χ1n) is 6.68. The van der Waals surface area contributed by atoms with Crippen molar-refractivity contribution in [1.29, 1.82) is 0 Å². The second kappa shape index (κ2) is 7.91. The Morgan fingerprint density at radius 1 is 1.32 bits per heavy atom. The van der Waals surface area contributed by atoms with E-state index in [0.717, 1.165) is 5.69 Å². The highest BCUT2D eigenvalue weighted by Crippen LogP contribution is 2.20. The number of carbonyl (C=O) groups is 2. The molecular weight excluding hydrogens is 324 g/mol. The zero-order valence-electron chi connectivity index (χ0n) is 11.7. The number of carbonyl (C=O) groups excluding carboxylic acids is 1. The molecule has 1 heterocycles. The van der Waals surface area contributed by atoms with Crippen LogP contribution in [0.5, 0.6) is 0 Å². The smallest absolute Gasteiger partial charge is 0.305 e. The molecule has 1 amide bonds. The third-order valence-corrected chi connectivity index (χ3v) is 3.97. The van der Waals surface area contributed by atoms with E-state index in [2.05, 4.69) is 10.3 Å². The summed E-state index contributed by atoms with van der Waals surface area (Å²) in [5, 5.41) is 14.2. The van der Waals surface area contributed by atoms with E-state index in [0.29, 0.717) is 17.0 Å². The largest absolute Gasteiger partial charge is 0.481 e. The number of rotatable bonds is 7. The summed E-state index contributed by atoms with van der Waals surface area (Å²) in [6.45, 7) is 0. The van der Waals surface area contributed by atoms with Gasteiger partial charge < -0.3 is 10.4 Å². The van der Waals surface area contributed by atoms with Gasteiger partial charge in [0.15, 0.2) is 0 Å². The van der Waals surface area contributed by atoms with Crippen LogP contribution < -0.4 is 5.32 Å². The zero-order chi connectivity index (χ0) is 15.9. The summed E-state index contributed by atoms with van der Waals surface area (Å²) in [7, 11) is 0. The number of carboxylic acids is 1. The van der Waals surface area contributed by atoms with Gasteiger partial charge >= 0.3 is 5.97 Å². The SMILES string of the molecule is O=C(O)C[C@H](NC(=O)CCc1cscn1)c1ccc(Cl)cc1. The molecule has 1 atom stereocenters. The van der Waals surface area contributed by atoms with Gasteiger partial charge in [-0.2, -0.15) is 0 Å². The fraction of sp³-hybridized carbons (Fsp3) is 0.267. The highest BCUT2D eigenvalue weighted by atomic mass is 35.5. The predicted octanol–water partition coefficient (Wildman–Crippen LogP) is 3.06. The topological polar surface area (TPSA) is 79.3 Å². The van der Waals surface area contributed by atoms with Crippen molar-refractivity contribution in [2.24, 2.45) is 0 Å². The maximum atomic E-state index is 12.0. The normalized spacial score (nSPS) is 11.9. The molecule has 0 aliphatic carbocycles. The predicted molar refractivity (Wildman–Crippen MR) is 85.0 cm³/mol. The van der Waals surface area contributed by atoms with Crippen LogP contribution in [-0.4, -0.2) is 22.0 Å². The van der Waals surface area contributed by atoms with Crippen LogP contribution in [0.3, 0.4) is 0 Å². The Balaban J connectivity index is 1.98. The molecule has 22 heavy (non-hydrogen) atoms. The van der Waals surface area contributed by atoms with Crippen LogP contribution >= 0.6 is 22.9 Å². The Bertz CT molecular complexity index is 629. The fourth-order valence-electron chi connectivity index (χ4n) is 1.99. The Morgan fingerprint density at radius 2 is 2.05 bits per heavy atom. The first kappa shape index (κ1) is 16.5. The number of halogens is 1. The Hall–Kier alpha value is -1.92. The molecule has 2 N–H and O–H groups in total. The molecule has 7 heteroatoms. The molecule has 1 aromatic heterocycles. The molecule has 0 spiro atoms. The summed E-state index contributed by atoms with van der Waals surface area (Å²) in [5.41, 5.74) is 3.30. The molecule has 0 saturated heterocycles. The third kappa shape index (κ3) is 5.13. The monoisotopic (exact) mass is 338 g/mol. The van der Waals surface area contributed by atoms with Gasteiger partial charge in [-0.05, 0) is 24.1 Å². The minimum atomic E-state index is -0.972. The van der Waals surface area contributed by atoms with Gasteiger partial charge in [-0.25, -0.2) is 4.98 Å². The maximum Gasteiger partial charge on any atom is 0.305 e. The summed E-state index contributed by atoms with van der Waals surface area (Å²) in [6, 6.07) is 6.21. The van der Waals surface area contributed by atoms with Crippen molar-refractivity contribution in [2.75, 3.05) is 0 Å². The lowest BCUT2D eigenvalue weighted by atomic mass is 10.0. The number of nitrogens with one attached hydrogen (secondary N) is 1. The number of hydrogen-bond acceptors (Lipinski definition) is 4. The molecule has 0 radical (unpaired) electrons. The molecule has 0 aliphatic heterocycles. The van der Waals surface area contributed by atoms with Gasteiger partial charge in [-0.15, -0.1) is 11.3 Å². The molecule has 1 aromatic carbocycles. The average Bonchev–Trinajstić information content (AvgIpc) is 2.98. The number of amides is 1. The Kier molecular flexibility index (Phi) is 5.91. The van der Waals surface area contributed by atoms with Crippen LogP contribution in [-0.2, 0) is 16.0 Å². The average molecular weight is 339 g/mol. The van der Waals surface area contributed by atoms with Crippen molar-refractivity contribution in [3.63, 3.8) is 0 Å². The summed E-state index contributed by atoms with van der Waals surface area (Å²) in [4.78, 5) is 27.1. The molecule has 2 aromatic rings. The van der Waals surface area contributed by atoms with Crippen LogP contribution in [0.2, 0.25) is 5.02 Å². The Morgan fingerprint density at radius 3 is 2.64 bits per heavy atom. The minimum absolute atomic E-state index is 0.177. The van der Waals surface area contributed by atoms with Crippen molar-refractivity contribution in [2.45, 2.75) is 25.3 Å². The molecule has 0 saturated carbocycles. The van der Waals surface area contributed by atoms with Crippen molar-refractivity contribution >= 4 is 34.8 Å². The highest BCUT2D eigenvalue weighted by molar-refractivity contribution is 7.07. The van der Waals surface area contributed by atoms with E-state index in [9.17, 15) is 9.59 Å². The van der Waals surface area contributed by atoms with E-state index < -0.39 is 12.0 Å². The third-order valence-electron chi connectivity index (χ3n) is 3.08. The lowest BCUT2D eigenvalue weighted by Gasteiger charge is -2.17. The van der Waals surface area contributed by atoms with E-state index in [-0.39, 0.29) is 18.7 Å². The van der Waals surface area contributed by atoms with Crippen molar-refractivity contribution in [1.82, 2.24) is 10.3 Å². The van der Waals surface area contributed by atoms with Crippen LogP contribution in [0.1, 0.15) is 30.1 Å². The zero-order valence-corrected chi connectivity index (χ0v) is 13.2. The van der Waals surface area contributed by atoms with E-state index in [1.807, 2.05) is 5.38 Å². The molecule has 2 rings (SSSR count). The highest BCUT2D eigenvalue weighted by Gasteiger charge is 2.18. The second-order valence-corrected chi connectivity index (χ2v) is 5.90. The van der Waals surface area contributed by atoms with Gasteiger partial charge in [0.05, 0.1) is 23.7 Å². The molecule has 0 unspecified atom stereocenters. The van der Waals surface area contributed by atoms with Gasteiger partial charge in [0.25, 0.3) is 0 Å². The minimum Gasteiger partial charge on any atom is -0.481 e. The number of thiazole rings is 1. The summed E-state index contributed by atoms with van der Waals surface area (Å²) >= 11 is 7.30. The Labute approximate surface area is 137 Å². The number of aryl methyl sites for hydroxylation is 1. The number of nitrogens with zero attached hydrogens (tertiary/aromatic N) is 1. The number of hydrogen-bond donors (Lipinski definition) is 2. The van der Waals surface area contributed by atoms with Gasteiger partial charge in [0.2, 0.25) is 5.91 Å². The summed E-state index contributed by atoms with van der Waals surface area (Å²) in [5.74, 6) is -1.17. The van der Waals surface area contributed by atoms with Crippen LogP contribution in [0.25, 0.3) is 0 Å². The van der Waals surface area contributed by atoms with Gasteiger partial charge in [0.1, 0.15) is 0 Å². The molecular formula is C15H15ClN2O3S. The van der Waals surface area contributed by atoms with Crippen molar-refractivity contribution < 1.29 is 14.7 Å². The van der Waals surface area contributed by atoms with E-state index >= 15 is 0 Å². The molecule has 0 fully saturated rings. The van der Waals surface area contributed by atoms with E-state index in [4.69, 9.17) is 16.7 Å². The first-order valence-corrected chi connectivity index (χ1v) is 8.00. The van der Waals surface area contributed by atoms with E-state index in [1.165, 1.54) is 11.3 Å². The molecule has 5 nitrogen and oxygen atoms in total. The molecule has 116 valence electrons. The molecule has 0 bridgehead atoms. The number of benzene rings is 1. The van der Waals surface area contributed by atoms with Gasteiger partial charge in [-0.3, -0.25) is 9.59 Å². The lowest BCUT2D eigenvalue weighted by Crippen LogP contribution is -2.30. The van der Waals surface area contributed by atoms with Gasteiger partial charge in [-0.1, -0.05) is 23.7 Å². The number of aliphatic carboxylic acids is 1. The molecule has 0 aliphatic rings. The van der Waals surface area contributed by atoms with Crippen LogP contribution in [0.15, 0.2) is 35.2 Å². The number of carboxylic acid groups (broad SMARTS) is 1. The van der Waals surface area contributed by atoms with E-state index in [1.54, 1.807) is 29.8 Å². The second-order valence-electron chi connectivity index (χ2n) is 4.75. The van der Waals surface area contributed by atoms with Gasteiger partial charge in [0, 0.05) is 16.8 Å². The van der Waals surface area contributed by atoms with Crippen molar-refractivity contribution in [3.05, 3.63) is 51.4 Å². The summed E-state index contributed by atoms with van der Waals surface area (Å²) in [6.07, 6.45) is 0.632. The first-order chi connectivity index (χ1) is 10.5. The quantitative estimate of drug-likeness (QED) is 0.813. The standard InChI is InChI=1S/C15H15ClN2O3S/c16-11-3-1-10(2-4-11)13(7-15(20)21)18-14(19)6-5-12-8-22-9-17-12/h1-4,8-9,13H,5-7H2,(H,18,19)(H,20,21)/t13-/m0/s1. The number of aromatic nitrogens is 1. The lowest BCUT2D eigenvalue weighted by molar-refractivity contribution is -0.137. The van der Waals surface area contributed by atoms with Crippen molar-refractivity contribution in [3.8, 4) is 0 Å². The fourth-order valence-corrected chi connectivity index (χ4v) is 2.71.